The van der Waals surface area contributed by atoms with Crippen LogP contribution < -0.4 is 10.1 Å². The zero-order chi connectivity index (χ0) is 22.6. The number of hydrogen-bond donors (Lipinski definition) is 1. The molecule has 164 valence electrons. The van der Waals surface area contributed by atoms with E-state index >= 15 is 0 Å². The smallest absolute Gasteiger partial charge is 0.233 e. The molecule has 6 nitrogen and oxygen atoms in total. The van der Waals surface area contributed by atoms with Crippen molar-refractivity contribution in [3.05, 3.63) is 53.6 Å². The van der Waals surface area contributed by atoms with Crippen molar-refractivity contribution in [3.8, 4) is 22.8 Å². The molecule has 0 spiro atoms. The van der Waals surface area contributed by atoms with Gasteiger partial charge in [-0.3, -0.25) is 9.36 Å². The standard InChI is InChI=1S/C23H27ClN4O2S/c1-6-30-17-13-11-16(12-14-17)28-20(18-9-7-8-10-19(18)24)26-27-22(28)31-15(2)21(29)25-23(3,4)5/h7-15H,6H2,1-5H3,(H,25,29). The highest BCUT2D eigenvalue weighted by molar-refractivity contribution is 8.00. The van der Waals surface area contributed by atoms with Gasteiger partial charge >= 0.3 is 0 Å². The van der Waals surface area contributed by atoms with Crippen LogP contribution in [0.2, 0.25) is 5.02 Å². The summed E-state index contributed by atoms with van der Waals surface area (Å²) in [6.07, 6.45) is 0. The van der Waals surface area contributed by atoms with Gasteiger partial charge in [0.2, 0.25) is 5.91 Å². The fraction of sp³-hybridized carbons (Fsp3) is 0.348. The monoisotopic (exact) mass is 458 g/mol. The highest BCUT2D eigenvalue weighted by Crippen LogP contribution is 2.33. The second-order valence-corrected chi connectivity index (χ2v) is 9.76. The summed E-state index contributed by atoms with van der Waals surface area (Å²) < 4.78 is 7.48. The molecule has 0 bridgehead atoms. The SMILES string of the molecule is CCOc1ccc(-n2c(SC(C)C(=O)NC(C)(C)C)nnc2-c2ccccc2Cl)cc1. The Labute approximate surface area is 192 Å². The van der Waals surface area contributed by atoms with Gasteiger partial charge in [0.1, 0.15) is 5.75 Å². The maximum Gasteiger partial charge on any atom is 0.233 e. The zero-order valence-electron chi connectivity index (χ0n) is 18.3. The quantitative estimate of drug-likeness (QED) is 0.481. The first kappa shape index (κ1) is 23.2. The van der Waals surface area contributed by atoms with Gasteiger partial charge in [-0.1, -0.05) is 35.5 Å². The molecule has 0 aliphatic rings. The summed E-state index contributed by atoms with van der Waals surface area (Å²) in [7, 11) is 0. The Kier molecular flexibility index (Phi) is 7.28. The van der Waals surface area contributed by atoms with E-state index < -0.39 is 0 Å². The molecule has 0 radical (unpaired) electrons. The summed E-state index contributed by atoms with van der Waals surface area (Å²) >= 11 is 7.80. The summed E-state index contributed by atoms with van der Waals surface area (Å²) in [5.74, 6) is 1.34. The summed E-state index contributed by atoms with van der Waals surface area (Å²) in [5.41, 5.74) is 1.32. The van der Waals surface area contributed by atoms with Gasteiger partial charge in [0, 0.05) is 16.8 Å². The summed E-state index contributed by atoms with van der Waals surface area (Å²) in [5, 5.41) is 12.7. The van der Waals surface area contributed by atoms with Gasteiger partial charge in [-0.2, -0.15) is 0 Å². The normalized spacial score (nSPS) is 12.5. The van der Waals surface area contributed by atoms with Gasteiger partial charge in [-0.05, 0) is 71.0 Å². The number of benzene rings is 2. The van der Waals surface area contributed by atoms with Gasteiger partial charge in [0.15, 0.2) is 11.0 Å². The number of aromatic nitrogens is 3. The Hall–Kier alpha value is -2.51. The lowest BCUT2D eigenvalue weighted by Crippen LogP contribution is -2.44. The van der Waals surface area contributed by atoms with Crippen molar-refractivity contribution in [2.24, 2.45) is 0 Å². The maximum absolute atomic E-state index is 12.6. The van der Waals surface area contributed by atoms with Crippen molar-refractivity contribution >= 4 is 29.3 Å². The van der Waals surface area contributed by atoms with E-state index in [9.17, 15) is 4.79 Å². The average Bonchev–Trinajstić information content (AvgIpc) is 3.11. The fourth-order valence-corrected chi connectivity index (χ4v) is 4.02. The number of ether oxygens (including phenoxy) is 1. The number of nitrogens with zero attached hydrogens (tertiary/aromatic N) is 3. The number of thioether (sulfide) groups is 1. The van der Waals surface area contributed by atoms with E-state index in [1.165, 1.54) is 11.8 Å². The van der Waals surface area contributed by atoms with Crippen LogP contribution in [-0.4, -0.2) is 38.1 Å². The van der Waals surface area contributed by atoms with Crippen LogP contribution in [0.1, 0.15) is 34.6 Å². The third-order valence-electron chi connectivity index (χ3n) is 4.30. The van der Waals surface area contributed by atoms with Crippen molar-refractivity contribution < 1.29 is 9.53 Å². The lowest BCUT2D eigenvalue weighted by Gasteiger charge is -2.23. The van der Waals surface area contributed by atoms with E-state index in [1.54, 1.807) is 0 Å². The molecule has 8 heteroatoms. The molecule has 1 atom stereocenters. The lowest BCUT2D eigenvalue weighted by molar-refractivity contribution is -0.121. The topological polar surface area (TPSA) is 69.0 Å². The molecule has 1 heterocycles. The molecule has 0 saturated carbocycles. The van der Waals surface area contributed by atoms with Crippen LogP contribution in [0, 0.1) is 0 Å². The summed E-state index contributed by atoms with van der Waals surface area (Å²) in [6.45, 7) is 10.3. The number of hydrogen-bond acceptors (Lipinski definition) is 5. The number of carbonyl (C=O) groups excluding carboxylic acids is 1. The Balaban J connectivity index is 2.02. The van der Waals surface area contributed by atoms with E-state index in [0.29, 0.717) is 22.6 Å². The van der Waals surface area contributed by atoms with E-state index in [2.05, 4.69) is 15.5 Å². The van der Waals surface area contributed by atoms with Crippen LogP contribution in [0.3, 0.4) is 0 Å². The van der Waals surface area contributed by atoms with Gasteiger partial charge < -0.3 is 10.1 Å². The van der Waals surface area contributed by atoms with E-state index in [1.807, 2.05) is 87.7 Å². The molecule has 0 saturated heterocycles. The number of carbonyl (C=O) groups is 1. The summed E-state index contributed by atoms with van der Waals surface area (Å²) in [6, 6.07) is 15.2. The van der Waals surface area contributed by atoms with Crippen LogP contribution in [0.25, 0.3) is 17.1 Å². The molecule has 2 aromatic carbocycles. The second kappa shape index (κ2) is 9.75. The largest absolute Gasteiger partial charge is 0.494 e. The molecule has 31 heavy (non-hydrogen) atoms. The third-order valence-corrected chi connectivity index (χ3v) is 5.68. The predicted octanol–water partition coefficient (Wildman–Crippen LogP) is 5.38. The highest BCUT2D eigenvalue weighted by Gasteiger charge is 2.25. The first-order valence-electron chi connectivity index (χ1n) is 10.1. The molecular weight excluding hydrogens is 432 g/mol. The van der Waals surface area contributed by atoms with Gasteiger partial charge in [0.25, 0.3) is 0 Å². The van der Waals surface area contributed by atoms with Crippen LogP contribution >= 0.6 is 23.4 Å². The van der Waals surface area contributed by atoms with Crippen molar-refractivity contribution in [2.75, 3.05) is 6.61 Å². The number of rotatable bonds is 7. The van der Waals surface area contributed by atoms with E-state index in [-0.39, 0.29) is 16.7 Å². The number of amides is 1. The van der Waals surface area contributed by atoms with Crippen molar-refractivity contribution in [3.63, 3.8) is 0 Å². The van der Waals surface area contributed by atoms with Gasteiger partial charge in [0.05, 0.1) is 16.9 Å². The highest BCUT2D eigenvalue weighted by atomic mass is 35.5. The third kappa shape index (κ3) is 5.80. The minimum absolute atomic E-state index is 0.0574. The first-order valence-corrected chi connectivity index (χ1v) is 11.4. The average molecular weight is 459 g/mol. The van der Waals surface area contributed by atoms with E-state index in [0.717, 1.165) is 17.0 Å². The first-order chi connectivity index (χ1) is 14.7. The predicted molar refractivity (Wildman–Crippen MR) is 126 cm³/mol. The Bertz CT molecular complexity index is 1040. The van der Waals surface area contributed by atoms with Crippen molar-refractivity contribution in [1.82, 2.24) is 20.1 Å². The Morgan fingerprint density at radius 1 is 1.16 bits per heavy atom. The molecule has 3 aromatic rings. The molecule has 1 unspecified atom stereocenters. The zero-order valence-corrected chi connectivity index (χ0v) is 19.9. The Morgan fingerprint density at radius 3 is 2.45 bits per heavy atom. The molecule has 1 N–H and O–H groups in total. The molecule has 0 aliphatic heterocycles. The van der Waals surface area contributed by atoms with Crippen molar-refractivity contribution in [1.29, 1.82) is 0 Å². The molecule has 0 fully saturated rings. The van der Waals surface area contributed by atoms with Crippen LogP contribution in [0.15, 0.2) is 53.7 Å². The van der Waals surface area contributed by atoms with E-state index in [4.69, 9.17) is 16.3 Å². The van der Waals surface area contributed by atoms with Crippen LogP contribution in [0.4, 0.5) is 0 Å². The fourth-order valence-electron chi connectivity index (χ4n) is 2.94. The molecule has 1 aromatic heterocycles. The minimum Gasteiger partial charge on any atom is -0.494 e. The lowest BCUT2D eigenvalue weighted by atomic mass is 10.1. The molecule has 3 rings (SSSR count). The van der Waals surface area contributed by atoms with Gasteiger partial charge in [-0.25, -0.2) is 0 Å². The Morgan fingerprint density at radius 2 is 1.84 bits per heavy atom. The minimum atomic E-state index is -0.357. The van der Waals surface area contributed by atoms with Crippen LogP contribution in [-0.2, 0) is 4.79 Å². The maximum atomic E-state index is 12.6. The summed E-state index contributed by atoms with van der Waals surface area (Å²) in [4.78, 5) is 12.6. The van der Waals surface area contributed by atoms with Crippen LogP contribution in [0.5, 0.6) is 5.75 Å². The molecular formula is C23H27ClN4O2S. The number of halogens is 1. The number of nitrogens with one attached hydrogen (secondary N) is 1. The van der Waals surface area contributed by atoms with Gasteiger partial charge in [-0.15, -0.1) is 10.2 Å². The van der Waals surface area contributed by atoms with Crippen molar-refractivity contribution in [2.45, 2.75) is 50.6 Å². The second-order valence-electron chi connectivity index (χ2n) is 8.05. The molecule has 0 aliphatic carbocycles. The molecule has 1 amide bonds.